The van der Waals surface area contributed by atoms with E-state index in [-0.39, 0.29) is 0 Å². The maximum atomic E-state index is 5.94. The lowest BCUT2D eigenvalue weighted by molar-refractivity contribution is 0.288. The lowest BCUT2D eigenvalue weighted by atomic mass is 10.2. The molecule has 0 unspecified atom stereocenters. The van der Waals surface area contributed by atoms with Gasteiger partial charge in [-0.3, -0.25) is 4.90 Å². The van der Waals surface area contributed by atoms with Crippen molar-refractivity contribution in [2.75, 3.05) is 19.6 Å². The first kappa shape index (κ1) is 12.8. The maximum Gasteiger partial charge on any atom is 0.0595 e. The molecular formula is C11H16Cl2N2. The Morgan fingerprint density at radius 3 is 2.53 bits per heavy atom. The zero-order valence-corrected chi connectivity index (χ0v) is 10.4. The molecule has 84 valence electrons. The average molecular weight is 247 g/mol. The second-order valence-electron chi connectivity index (χ2n) is 3.41. The van der Waals surface area contributed by atoms with Crippen LogP contribution in [-0.2, 0) is 6.54 Å². The molecule has 0 spiro atoms. The fourth-order valence-electron chi connectivity index (χ4n) is 1.43. The van der Waals surface area contributed by atoms with Gasteiger partial charge in [0.15, 0.2) is 0 Å². The predicted molar refractivity (Wildman–Crippen MR) is 66.5 cm³/mol. The molecule has 4 heteroatoms. The summed E-state index contributed by atoms with van der Waals surface area (Å²) in [5.74, 6) is 0. The van der Waals surface area contributed by atoms with Crippen molar-refractivity contribution < 1.29 is 0 Å². The smallest absolute Gasteiger partial charge is 0.0595 e. The van der Waals surface area contributed by atoms with Crippen LogP contribution in [0.25, 0.3) is 0 Å². The van der Waals surface area contributed by atoms with E-state index in [4.69, 9.17) is 28.9 Å². The highest BCUT2D eigenvalue weighted by Crippen LogP contribution is 2.23. The Morgan fingerprint density at radius 1 is 1.27 bits per heavy atom. The molecule has 0 amide bonds. The van der Waals surface area contributed by atoms with Gasteiger partial charge >= 0.3 is 0 Å². The molecule has 0 bridgehead atoms. The summed E-state index contributed by atoms with van der Waals surface area (Å²) in [6, 6.07) is 5.73. The van der Waals surface area contributed by atoms with Crippen LogP contribution < -0.4 is 5.73 Å². The van der Waals surface area contributed by atoms with Gasteiger partial charge in [-0.05, 0) is 24.2 Å². The first-order valence-corrected chi connectivity index (χ1v) is 5.79. The second kappa shape index (κ2) is 6.33. The number of likely N-dealkylation sites (N-methyl/N-ethyl adjacent to an activating group) is 1. The van der Waals surface area contributed by atoms with Gasteiger partial charge in [0.2, 0.25) is 0 Å². The normalized spacial score (nSPS) is 11.0. The van der Waals surface area contributed by atoms with Crippen LogP contribution in [0.3, 0.4) is 0 Å². The quantitative estimate of drug-likeness (QED) is 0.866. The molecular weight excluding hydrogens is 231 g/mol. The number of nitrogens with zero attached hydrogens (tertiary/aromatic N) is 1. The Balaban J connectivity index is 2.66. The Hall–Kier alpha value is -0.280. The molecule has 0 saturated heterocycles. The van der Waals surface area contributed by atoms with E-state index in [0.717, 1.165) is 19.6 Å². The van der Waals surface area contributed by atoms with Crippen molar-refractivity contribution in [2.45, 2.75) is 13.5 Å². The molecule has 1 aromatic rings. The fourth-order valence-corrected chi connectivity index (χ4v) is 1.75. The third-order valence-corrected chi connectivity index (χ3v) is 3.02. The average Bonchev–Trinajstić information content (AvgIpc) is 2.23. The second-order valence-corrected chi connectivity index (χ2v) is 4.22. The van der Waals surface area contributed by atoms with Crippen LogP contribution in [-0.4, -0.2) is 24.5 Å². The summed E-state index contributed by atoms with van der Waals surface area (Å²) in [7, 11) is 0. The van der Waals surface area contributed by atoms with Crippen LogP contribution in [0.15, 0.2) is 18.2 Å². The minimum absolute atomic E-state index is 0.599. The summed E-state index contributed by atoms with van der Waals surface area (Å²) in [6.07, 6.45) is 0. The van der Waals surface area contributed by atoms with Crippen LogP contribution in [0.2, 0.25) is 10.0 Å². The molecule has 1 rings (SSSR count). The van der Waals surface area contributed by atoms with Gasteiger partial charge in [-0.1, -0.05) is 36.2 Å². The number of halogens is 2. The van der Waals surface area contributed by atoms with Gasteiger partial charge in [0.25, 0.3) is 0 Å². The van der Waals surface area contributed by atoms with Crippen LogP contribution in [0.4, 0.5) is 0 Å². The first-order valence-electron chi connectivity index (χ1n) is 5.03. The summed E-state index contributed by atoms with van der Waals surface area (Å²) in [4.78, 5) is 2.26. The van der Waals surface area contributed by atoms with E-state index < -0.39 is 0 Å². The van der Waals surface area contributed by atoms with Gasteiger partial charge in [-0.25, -0.2) is 0 Å². The molecule has 2 N–H and O–H groups in total. The zero-order chi connectivity index (χ0) is 11.3. The molecule has 0 atom stereocenters. The third kappa shape index (κ3) is 3.99. The van der Waals surface area contributed by atoms with E-state index in [0.29, 0.717) is 16.6 Å². The molecule has 0 fully saturated rings. The summed E-state index contributed by atoms with van der Waals surface area (Å²) >= 11 is 11.8. The highest BCUT2D eigenvalue weighted by molar-refractivity contribution is 6.42. The van der Waals surface area contributed by atoms with Crippen molar-refractivity contribution >= 4 is 23.2 Å². The number of hydrogen-bond donors (Lipinski definition) is 1. The highest BCUT2D eigenvalue weighted by Gasteiger charge is 2.04. The van der Waals surface area contributed by atoms with Gasteiger partial charge in [-0.2, -0.15) is 0 Å². The Kier molecular flexibility index (Phi) is 5.40. The van der Waals surface area contributed by atoms with Crippen molar-refractivity contribution in [1.82, 2.24) is 4.90 Å². The zero-order valence-electron chi connectivity index (χ0n) is 8.84. The molecule has 0 heterocycles. The van der Waals surface area contributed by atoms with E-state index in [9.17, 15) is 0 Å². The molecule has 0 aromatic heterocycles. The van der Waals surface area contributed by atoms with Crippen molar-refractivity contribution in [1.29, 1.82) is 0 Å². The molecule has 0 aliphatic rings. The van der Waals surface area contributed by atoms with Crippen molar-refractivity contribution in [2.24, 2.45) is 5.73 Å². The molecule has 0 aliphatic carbocycles. The van der Waals surface area contributed by atoms with Crippen molar-refractivity contribution in [3.05, 3.63) is 33.8 Å². The highest BCUT2D eigenvalue weighted by atomic mass is 35.5. The fraction of sp³-hybridized carbons (Fsp3) is 0.455. The summed E-state index contributed by atoms with van der Waals surface area (Å²) in [5, 5.41) is 1.21. The molecule has 0 aliphatic heterocycles. The van der Waals surface area contributed by atoms with Gasteiger partial charge in [-0.15, -0.1) is 0 Å². The van der Waals surface area contributed by atoms with Crippen LogP contribution in [0.1, 0.15) is 12.5 Å². The lowest BCUT2D eigenvalue weighted by Crippen LogP contribution is -2.28. The summed E-state index contributed by atoms with van der Waals surface area (Å²) in [6.45, 7) is 5.54. The first-order chi connectivity index (χ1) is 7.17. The number of benzene rings is 1. The van der Waals surface area contributed by atoms with E-state index >= 15 is 0 Å². The largest absolute Gasteiger partial charge is 0.329 e. The van der Waals surface area contributed by atoms with Gasteiger partial charge in [0, 0.05) is 19.6 Å². The standard InChI is InChI=1S/C11H16Cl2N2/c1-2-15(6-5-14)8-9-3-4-10(12)11(13)7-9/h3-4,7H,2,5-6,8,14H2,1H3. The Morgan fingerprint density at radius 2 is 2.00 bits per heavy atom. The Labute approximate surface area is 101 Å². The molecule has 1 aromatic carbocycles. The van der Waals surface area contributed by atoms with Gasteiger partial charge in [0.05, 0.1) is 10.0 Å². The van der Waals surface area contributed by atoms with Crippen LogP contribution in [0, 0.1) is 0 Å². The monoisotopic (exact) mass is 246 g/mol. The predicted octanol–water partition coefficient (Wildman–Crippen LogP) is 2.77. The minimum Gasteiger partial charge on any atom is -0.329 e. The SMILES string of the molecule is CCN(CCN)Cc1ccc(Cl)c(Cl)c1. The van der Waals surface area contributed by atoms with E-state index in [1.54, 1.807) is 0 Å². The molecule has 0 radical (unpaired) electrons. The van der Waals surface area contributed by atoms with E-state index in [2.05, 4.69) is 11.8 Å². The molecule has 2 nitrogen and oxygen atoms in total. The maximum absolute atomic E-state index is 5.94. The molecule has 0 saturated carbocycles. The van der Waals surface area contributed by atoms with Crippen molar-refractivity contribution in [3.63, 3.8) is 0 Å². The lowest BCUT2D eigenvalue weighted by Gasteiger charge is -2.19. The molecule has 15 heavy (non-hydrogen) atoms. The van der Waals surface area contributed by atoms with Gasteiger partial charge < -0.3 is 5.73 Å². The third-order valence-electron chi connectivity index (χ3n) is 2.28. The topological polar surface area (TPSA) is 29.3 Å². The van der Waals surface area contributed by atoms with Crippen molar-refractivity contribution in [3.8, 4) is 0 Å². The Bertz CT molecular complexity index is 315. The van der Waals surface area contributed by atoms with Crippen LogP contribution in [0.5, 0.6) is 0 Å². The minimum atomic E-state index is 0.599. The van der Waals surface area contributed by atoms with E-state index in [1.165, 1.54) is 5.56 Å². The van der Waals surface area contributed by atoms with E-state index in [1.807, 2.05) is 18.2 Å². The summed E-state index contributed by atoms with van der Waals surface area (Å²) < 4.78 is 0. The number of rotatable bonds is 5. The van der Waals surface area contributed by atoms with Gasteiger partial charge in [0.1, 0.15) is 0 Å². The van der Waals surface area contributed by atoms with Crippen LogP contribution >= 0.6 is 23.2 Å². The summed E-state index contributed by atoms with van der Waals surface area (Å²) in [5.41, 5.74) is 6.69. The number of nitrogens with two attached hydrogens (primary N) is 1. The number of hydrogen-bond acceptors (Lipinski definition) is 2.